The third kappa shape index (κ3) is 25.2. The van der Waals surface area contributed by atoms with Crippen LogP contribution in [0.5, 0.6) is 0 Å². The lowest BCUT2D eigenvalue weighted by molar-refractivity contribution is -0.125. The van der Waals surface area contributed by atoms with Crippen LogP contribution < -0.4 is 5.32 Å². The minimum atomic E-state index is -4.41. The highest BCUT2D eigenvalue weighted by atomic mass is 19.4. The number of hydrogen-bond donors (Lipinski definition) is 1. The summed E-state index contributed by atoms with van der Waals surface area (Å²) in [5, 5.41) is 2.82. The van der Waals surface area contributed by atoms with Crippen LogP contribution in [0.4, 0.5) is 13.2 Å². The van der Waals surface area contributed by atoms with Crippen molar-refractivity contribution < 1.29 is 22.7 Å². The largest absolute Gasteiger partial charge is 0.483 e. The van der Waals surface area contributed by atoms with E-state index >= 15 is 0 Å². The monoisotopic (exact) mass is 546 g/mol. The second-order valence-electron chi connectivity index (χ2n) is 6.75. The van der Waals surface area contributed by atoms with Gasteiger partial charge in [-0.05, 0) is 37.8 Å². The van der Waals surface area contributed by atoms with Crippen molar-refractivity contribution in [2.75, 3.05) is 20.2 Å². The van der Waals surface area contributed by atoms with Crippen molar-refractivity contribution in [3.63, 3.8) is 0 Å². The number of amides is 1. The zero-order valence-corrected chi connectivity index (χ0v) is 26.1. The van der Waals surface area contributed by atoms with Crippen LogP contribution in [0.25, 0.3) is 0 Å². The molecule has 0 spiro atoms. The lowest BCUT2D eigenvalue weighted by Gasteiger charge is -2.20. The van der Waals surface area contributed by atoms with Gasteiger partial charge in [-0.1, -0.05) is 99.8 Å². The zero-order chi connectivity index (χ0) is 31.0. The Morgan fingerprint density at radius 2 is 1.50 bits per heavy atom. The van der Waals surface area contributed by atoms with Gasteiger partial charge in [0.05, 0.1) is 25.8 Å². The topological polar surface area (TPSA) is 50.7 Å². The predicted octanol–water partition coefficient (Wildman–Crippen LogP) is 9.48. The van der Waals surface area contributed by atoms with E-state index in [4.69, 9.17) is 4.74 Å². The summed E-state index contributed by atoms with van der Waals surface area (Å²) in [6.45, 7) is 19.6. The van der Waals surface area contributed by atoms with Gasteiger partial charge >= 0.3 is 6.18 Å². The molecule has 0 bridgehead atoms. The molecular formula is C31H57F3N2O2. The highest BCUT2D eigenvalue weighted by molar-refractivity contribution is 5.85. The highest BCUT2D eigenvalue weighted by Gasteiger charge is 2.31. The van der Waals surface area contributed by atoms with Crippen LogP contribution in [-0.4, -0.2) is 38.2 Å². The zero-order valence-electron chi connectivity index (χ0n) is 26.1. The fourth-order valence-corrected chi connectivity index (χ4v) is 3.08. The van der Waals surface area contributed by atoms with Crippen molar-refractivity contribution >= 4 is 11.8 Å². The Kier molecular flexibility index (Phi) is 41.3. The molecule has 4 nitrogen and oxygen atoms in total. The number of ether oxygens (including phenoxy) is 1. The van der Waals surface area contributed by atoms with Crippen LogP contribution in [0, 0.1) is 18.8 Å². The first kappa shape index (κ1) is 45.4. The van der Waals surface area contributed by atoms with Gasteiger partial charge < -0.3 is 10.1 Å². The van der Waals surface area contributed by atoms with Crippen molar-refractivity contribution in [2.24, 2.45) is 10.9 Å². The molecule has 0 aliphatic heterocycles. The van der Waals surface area contributed by atoms with Gasteiger partial charge in [0.25, 0.3) is 0 Å². The minimum Gasteiger partial charge on any atom is -0.483 e. The smallest absolute Gasteiger partial charge is 0.416 e. The molecule has 1 aliphatic rings. The number of carbonyl (C=O) groups is 1. The molecule has 224 valence electrons. The number of terminal acetylenes is 1. The summed E-state index contributed by atoms with van der Waals surface area (Å²) in [6.07, 6.45) is 14.5. The summed E-state index contributed by atoms with van der Waals surface area (Å²) in [4.78, 5) is 16.4. The molecule has 0 atom stereocenters. The minimum absolute atomic E-state index is 0.0149. The summed E-state index contributed by atoms with van der Waals surface area (Å²) in [7, 11) is 1.43. The summed E-state index contributed by atoms with van der Waals surface area (Å²) in [5.41, 5.74) is -0.282. The highest BCUT2D eigenvalue weighted by Crippen LogP contribution is 2.28. The van der Waals surface area contributed by atoms with Crippen LogP contribution in [0.3, 0.4) is 0 Å². The number of nitrogens with one attached hydrogen (secondary N) is 1. The average Bonchev–Trinajstić information content (AvgIpc) is 2.98. The molecule has 1 aliphatic carbocycles. The van der Waals surface area contributed by atoms with E-state index in [9.17, 15) is 18.0 Å². The van der Waals surface area contributed by atoms with Crippen LogP contribution in [0.1, 0.15) is 108 Å². The summed E-state index contributed by atoms with van der Waals surface area (Å²) in [6, 6.07) is 0. The van der Waals surface area contributed by atoms with Crippen molar-refractivity contribution in [3.8, 4) is 12.8 Å². The molecule has 1 saturated carbocycles. The molecular weight excluding hydrogens is 489 g/mol. The summed E-state index contributed by atoms with van der Waals surface area (Å²) in [5.74, 6) is 0.297. The molecule has 7 heteroatoms. The third-order valence-corrected chi connectivity index (χ3v) is 4.54. The Labute approximate surface area is 233 Å². The first-order chi connectivity index (χ1) is 18.3. The SMILES string of the molecule is C#C.CC.CC.CC.CC.C\C=C/C(=C\C(=C\CC)C(F)(F)F)CN=C(CNC(=O)C1CCCCC1)OC. The molecule has 0 aromatic heterocycles. The van der Waals surface area contributed by atoms with Gasteiger partial charge in [-0.3, -0.25) is 4.79 Å². The number of alkyl halides is 3. The Bertz CT molecular complexity index is 656. The molecule has 0 heterocycles. The molecule has 1 rings (SSSR count). The first-order valence-corrected chi connectivity index (χ1v) is 14.1. The molecule has 1 amide bonds. The van der Waals surface area contributed by atoms with E-state index in [1.54, 1.807) is 26.0 Å². The number of nitrogens with zero attached hydrogens (tertiary/aromatic N) is 1. The number of carbonyl (C=O) groups excluding carboxylic acids is 1. The second kappa shape index (κ2) is 34.5. The fraction of sp³-hybridized carbons (Fsp3) is 0.677. The molecule has 0 aromatic carbocycles. The maximum absolute atomic E-state index is 13.1. The number of hydrogen-bond acceptors (Lipinski definition) is 3. The van der Waals surface area contributed by atoms with Gasteiger partial charge in [-0.2, -0.15) is 13.2 Å². The van der Waals surface area contributed by atoms with E-state index in [-0.39, 0.29) is 37.2 Å². The number of halogens is 3. The molecule has 1 N–H and O–H groups in total. The normalized spacial score (nSPS) is 13.8. The van der Waals surface area contributed by atoms with Crippen LogP contribution >= 0.6 is 0 Å². The number of rotatable bonds is 8. The number of aliphatic imine (C=N–C) groups is 1. The molecule has 0 unspecified atom stereocenters. The van der Waals surface area contributed by atoms with Crippen molar-refractivity contribution in [1.82, 2.24) is 5.32 Å². The third-order valence-electron chi connectivity index (χ3n) is 4.54. The molecule has 0 radical (unpaired) electrons. The van der Waals surface area contributed by atoms with Crippen molar-refractivity contribution in [3.05, 3.63) is 35.5 Å². The van der Waals surface area contributed by atoms with E-state index in [1.165, 1.54) is 13.5 Å². The van der Waals surface area contributed by atoms with Gasteiger partial charge in [0.2, 0.25) is 11.8 Å². The van der Waals surface area contributed by atoms with Gasteiger partial charge in [0.15, 0.2) is 0 Å². The van der Waals surface area contributed by atoms with Crippen molar-refractivity contribution in [2.45, 2.75) is 114 Å². The fourth-order valence-electron chi connectivity index (χ4n) is 3.08. The van der Waals surface area contributed by atoms with E-state index in [0.29, 0.717) is 5.57 Å². The standard InChI is InChI=1S/C21H31F3N2O2.4C2H6.C2H2/c1-4-9-16(13-18(10-5-2)21(22,23)24)14-25-19(28-3)15-26-20(27)17-11-7-6-8-12-17;5*1-2/h4,9-10,13,17H,5-8,11-12,14-15H2,1-3H3,(H,26,27);4*1-2H3;1-2H/b9-4-,16-13+,18-10-,25-19?;;;;;. The molecule has 0 aromatic rings. The molecule has 0 saturated heterocycles. The Morgan fingerprint density at radius 3 is 1.89 bits per heavy atom. The predicted molar refractivity (Wildman–Crippen MR) is 162 cm³/mol. The van der Waals surface area contributed by atoms with E-state index in [0.717, 1.165) is 37.8 Å². The van der Waals surface area contributed by atoms with E-state index in [1.807, 2.05) is 55.4 Å². The van der Waals surface area contributed by atoms with Crippen LogP contribution in [-0.2, 0) is 9.53 Å². The molecule has 38 heavy (non-hydrogen) atoms. The number of allylic oxidation sites excluding steroid dienone is 4. The Morgan fingerprint density at radius 1 is 1.00 bits per heavy atom. The van der Waals surface area contributed by atoms with Crippen LogP contribution in [0.2, 0.25) is 0 Å². The maximum Gasteiger partial charge on any atom is 0.416 e. The average molecular weight is 547 g/mol. The maximum atomic E-state index is 13.1. The summed E-state index contributed by atoms with van der Waals surface area (Å²) >= 11 is 0. The van der Waals surface area contributed by atoms with Gasteiger partial charge in [-0.25, -0.2) is 4.99 Å². The molecule has 1 fully saturated rings. The number of methoxy groups -OCH3 is 1. The van der Waals surface area contributed by atoms with E-state index < -0.39 is 11.7 Å². The van der Waals surface area contributed by atoms with Crippen molar-refractivity contribution in [1.29, 1.82) is 0 Å². The lowest BCUT2D eigenvalue weighted by Crippen LogP contribution is -2.36. The van der Waals surface area contributed by atoms with Crippen LogP contribution in [0.15, 0.2) is 40.4 Å². The Balaban J connectivity index is -0.000000323. The second-order valence-corrected chi connectivity index (χ2v) is 6.75. The Hall–Kier alpha value is -2.49. The van der Waals surface area contributed by atoms with Gasteiger partial charge in [0, 0.05) is 5.92 Å². The lowest BCUT2D eigenvalue weighted by atomic mass is 9.89. The first-order valence-electron chi connectivity index (χ1n) is 14.1. The van der Waals surface area contributed by atoms with E-state index in [2.05, 4.69) is 23.2 Å². The summed E-state index contributed by atoms with van der Waals surface area (Å²) < 4.78 is 44.5. The van der Waals surface area contributed by atoms with Gasteiger partial charge in [-0.15, -0.1) is 12.8 Å². The van der Waals surface area contributed by atoms with Gasteiger partial charge in [0.1, 0.15) is 0 Å². The quantitative estimate of drug-likeness (QED) is 0.143.